The molecule has 2 N–H and O–H groups in total. The molecule has 0 aliphatic rings. The van der Waals surface area contributed by atoms with Gasteiger partial charge < -0.3 is 10.5 Å². The smallest absolute Gasteiger partial charge is 0.154 e. The van der Waals surface area contributed by atoms with E-state index in [9.17, 15) is 0 Å². The molecule has 3 nitrogen and oxygen atoms in total. The Morgan fingerprint density at radius 1 is 1.44 bits per heavy atom. The summed E-state index contributed by atoms with van der Waals surface area (Å²) in [5.74, 6) is 0.759. The van der Waals surface area contributed by atoms with Gasteiger partial charge in [0.2, 0.25) is 0 Å². The van der Waals surface area contributed by atoms with Crippen LogP contribution in [0.1, 0.15) is 19.0 Å². The molecule has 96 valence electrons. The molecule has 5 heteroatoms. The van der Waals surface area contributed by atoms with Crippen LogP contribution in [0.25, 0.3) is 0 Å². The van der Waals surface area contributed by atoms with Crippen molar-refractivity contribution in [2.24, 2.45) is 0 Å². The first-order valence-electron chi connectivity index (χ1n) is 5.82. The van der Waals surface area contributed by atoms with Crippen LogP contribution >= 0.6 is 23.1 Å². The van der Waals surface area contributed by atoms with Gasteiger partial charge in [-0.2, -0.15) is 0 Å². The van der Waals surface area contributed by atoms with Gasteiger partial charge in [-0.05, 0) is 25.5 Å². The topological polar surface area (TPSA) is 48.1 Å². The highest BCUT2D eigenvalue weighted by Crippen LogP contribution is 2.38. The van der Waals surface area contributed by atoms with Crippen LogP contribution in [0.4, 0.5) is 5.69 Å². The van der Waals surface area contributed by atoms with Gasteiger partial charge in [0.15, 0.2) is 4.34 Å². The number of anilines is 1. The van der Waals surface area contributed by atoms with Crippen LogP contribution in [0.15, 0.2) is 32.8 Å². The Morgan fingerprint density at radius 3 is 2.94 bits per heavy atom. The van der Waals surface area contributed by atoms with E-state index in [1.807, 2.05) is 30.5 Å². The zero-order valence-electron chi connectivity index (χ0n) is 10.5. The number of aromatic nitrogens is 1. The number of para-hydroxylation sites is 1. The number of ether oxygens (including phenoxy) is 1. The van der Waals surface area contributed by atoms with Crippen molar-refractivity contribution in [1.82, 2.24) is 4.98 Å². The van der Waals surface area contributed by atoms with Gasteiger partial charge in [0, 0.05) is 16.0 Å². The third-order valence-electron chi connectivity index (χ3n) is 2.28. The highest BCUT2D eigenvalue weighted by Gasteiger charge is 2.09. The Kier molecular flexibility index (Phi) is 4.49. The minimum atomic E-state index is 0.689. The van der Waals surface area contributed by atoms with Crippen LogP contribution in [-0.4, -0.2) is 11.6 Å². The molecule has 18 heavy (non-hydrogen) atoms. The summed E-state index contributed by atoms with van der Waals surface area (Å²) in [5, 5.41) is 2.04. The number of nitrogens with two attached hydrogens (primary N) is 1. The maximum atomic E-state index is 6.11. The van der Waals surface area contributed by atoms with E-state index in [0.717, 1.165) is 27.1 Å². The maximum absolute atomic E-state index is 6.11. The van der Waals surface area contributed by atoms with Crippen molar-refractivity contribution in [3.8, 4) is 5.75 Å². The van der Waals surface area contributed by atoms with Crippen LogP contribution in [0, 0.1) is 6.92 Å². The van der Waals surface area contributed by atoms with E-state index in [4.69, 9.17) is 10.5 Å². The lowest BCUT2D eigenvalue weighted by Crippen LogP contribution is -1.99. The summed E-state index contributed by atoms with van der Waals surface area (Å²) in [7, 11) is 0. The number of hydrogen-bond acceptors (Lipinski definition) is 5. The Bertz CT molecular complexity index is 525. The van der Waals surface area contributed by atoms with Crippen LogP contribution in [0.5, 0.6) is 5.75 Å². The molecule has 2 rings (SSSR count). The van der Waals surface area contributed by atoms with Crippen LogP contribution in [0.2, 0.25) is 0 Å². The Labute approximate surface area is 115 Å². The molecule has 0 aliphatic heterocycles. The third kappa shape index (κ3) is 3.17. The van der Waals surface area contributed by atoms with Gasteiger partial charge in [0.25, 0.3) is 0 Å². The van der Waals surface area contributed by atoms with Gasteiger partial charge in [-0.1, -0.05) is 24.8 Å². The summed E-state index contributed by atoms with van der Waals surface area (Å²) >= 11 is 3.22. The first-order chi connectivity index (χ1) is 8.70. The molecule has 0 amide bonds. The summed E-state index contributed by atoms with van der Waals surface area (Å²) < 4.78 is 6.62. The van der Waals surface area contributed by atoms with Crippen molar-refractivity contribution in [2.45, 2.75) is 29.5 Å². The standard InChI is InChI=1S/C13H16N2OS2/c1-3-7-16-10-5-4-6-11(12(10)14)18-13-15-9(2)8-17-13/h4-6,8H,3,7,14H2,1-2H3. The average molecular weight is 280 g/mol. The number of thiazole rings is 1. The van der Waals surface area contributed by atoms with E-state index >= 15 is 0 Å². The van der Waals surface area contributed by atoms with Crippen LogP contribution in [0.3, 0.4) is 0 Å². The molecule has 0 unspecified atom stereocenters. The molecule has 0 atom stereocenters. The van der Waals surface area contributed by atoms with E-state index in [1.54, 1.807) is 23.1 Å². The lowest BCUT2D eigenvalue weighted by molar-refractivity contribution is 0.318. The molecule has 0 saturated heterocycles. The van der Waals surface area contributed by atoms with Crippen molar-refractivity contribution in [3.63, 3.8) is 0 Å². The Morgan fingerprint density at radius 2 is 2.28 bits per heavy atom. The molecule has 2 aromatic rings. The summed E-state index contributed by atoms with van der Waals surface area (Å²) in [6, 6.07) is 5.86. The number of benzene rings is 1. The minimum Gasteiger partial charge on any atom is -0.491 e. The molecule has 1 heterocycles. The molecule has 1 aromatic heterocycles. The molecular weight excluding hydrogens is 264 g/mol. The highest BCUT2D eigenvalue weighted by molar-refractivity contribution is 8.01. The summed E-state index contributed by atoms with van der Waals surface area (Å²) in [4.78, 5) is 5.42. The number of aryl methyl sites for hydroxylation is 1. The summed E-state index contributed by atoms with van der Waals surface area (Å²) in [6.45, 7) is 4.76. The zero-order chi connectivity index (χ0) is 13.0. The third-order valence-corrected chi connectivity index (χ3v) is 4.42. The van der Waals surface area contributed by atoms with Gasteiger partial charge in [-0.3, -0.25) is 0 Å². The lowest BCUT2D eigenvalue weighted by Gasteiger charge is -2.10. The fraction of sp³-hybridized carbons (Fsp3) is 0.308. The zero-order valence-corrected chi connectivity index (χ0v) is 12.1. The highest BCUT2D eigenvalue weighted by atomic mass is 32.2. The fourth-order valence-electron chi connectivity index (χ4n) is 1.42. The predicted octanol–water partition coefficient (Wildman–Crippen LogP) is 3.97. The summed E-state index contributed by atoms with van der Waals surface area (Å²) in [5.41, 5.74) is 7.85. The summed E-state index contributed by atoms with van der Waals surface area (Å²) in [6.07, 6.45) is 0.975. The predicted molar refractivity (Wildman–Crippen MR) is 77.6 cm³/mol. The largest absolute Gasteiger partial charge is 0.491 e. The second-order valence-corrected chi connectivity index (χ2v) is 6.02. The number of hydrogen-bond donors (Lipinski definition) is 1. The molecular formula is C13H16N2OS2. The van der Waals surface area contributed by atoms with E-state index in [1.165, 1.54) is 0 Å². The van der Waals surface area contributed by atoms with E-state index in [2.05, 4.69) is 11.9 Å². The number of rotatable bonds is 5. The monoisotopic (exact) mass is 280 g/mol. The molecule has 0 aliphatic carbocycles. The fourth-order valence-corrected chi connectivity index (χ4v) is 3.29. The quantitative estimate of drug-likeness (QED) is 0.842. The van der Waals surface area contributed by atoms with E-state index in [0.29, 0.717) is 12.3 Å². The van der Waals surface area contributed by atoms with Gasteiger partial charge in [-0.25, -0.2) is 4.98 Å². The Hall–Kier alpha value is -1.20. The minimum absolute atomic E-state index is 0.689. The van der Waals surface area contributed by atoms with Gasteiger partial charge in [0.05, 0.1) is 12.3 Å². The second-order valence-electron chi connectivity index (χ2n) is 3.87. The normalized spacial score (nSPS) is 10.6. The van der Waals surface area contributed by atoms with Crippen molar-refractivity contribution < 1.29 is 4.74 Å². The first-order valence-corrected chi connectivity index (χ1v) is 7.51. The van der Waals surface area contributed by atoms with Crippen LogP contribution < -0.4 is 10.5 Å². The second kappa shape index (κ2) is 6.11. The number of nitrogens with zero attached hydrogens (tertiary/aromatic N) is 1. The van der Waals surface area contributed by atoms with Gasteiger partial charge >= 0.3 is 0 Å². The van der Waals surface area contributed by atoms with E-state index < -0.39 is 0 Å². The van der Waals surface area contributed by atoms with Crippen LogP contribution in [-0.2, 0) is 0 Å². The molecule has 0 bridgehead atoms. The molecule has 0 spiro atoms. The van der Waals surface area contributed by atoms with Crippen molar-refractivity contribution in [3.05, 3.63) is 29.3 Å². The van der Waals surface area contributed by atoms with E-state index in [-0.39, 0.29) is 0 Å². The SMILES string of the molecule is CCCOc1cccc(Sc2nc(C)cs2)c1N. The Balaban J connectivity index is 2.17. The average Bonchev–Trinajstić information content (AvgIpc) is 2.76. The molecule has 1 aromatic carbocycles. The molecule has 0 radical (unpaired) electrons. The maximum Gasteiger partial charge on any atom is 0.154 e. The van der Waals surface area contributed by atoms with Crippen molar-refractivity contribution >= 4 is 28.8 Å². The molecule has 0 saturated carbocycles. The van der Waals surface area contributed by atoms with Crippen molar-refractivity contribution in [2.75, 3.05) is 12.3 Å². The first kappa shape index (κ1) is 13.2. The van der Waals surface area contributed by atoms with Gasteiger partial charge in [-0.15, -0.1) is 11.3 Å². The van der Waals surface area contributed by atoms with Crippen molar-refractivity contribution in [1.29, 1.82) is 0 Å². The lowest BCUT2D eigenvalue weighted by atomic mass is 10.3. The molecule has 0 fully saturated rings. The number of nitrogen functional groups attached to an aromatic ring is 1. The van der Waals surface area contributed by atoms with Gasteiger partial charge in [0.1, 0.15) is 5.75 Å².